The first kappa shape index (κ1) is 33.6. The Bertz CT molecular complexity index is 1430. The maximum Gasteiger partial charge on any atom is 0.408 e. The molecule has 13 nitrogen and oxygen atoms in total. The van der Waals surface area contributed by atoms with Crippen LogP contribution in [0.2, 0.25) is 0 Å². The SMILES string of the molecule is COc1ccc(C(C(=O)O)n2cc(NC(=O)[C@@H](COCc3ccccc3)NC(=O)C(C)(C)NC(=O)OC(C)(C)C)cn2)cc1. The summed E-state index contributed by atoms with van der Waals surface area (Å²) in [4.78, 5) is 51.1. The number of alkyl carbamates (subject to hydrolysis) is 1. The molecule has 1 aromatic heterocycles. The summed E-state index contributed by atoms with van der Waals surface area (Å²) in [7, 11) is 1.51. The average molecular weight is 610 g/mol. The van der Waals surface area contributed by atoms with Gasteiger partial charge < -0.3 is 35.3 Å². The summed E-state index contributed by atoms with van der Waals surface area (Å²) < 4.78 is 17.4. The first-order chi connectivity index (χ1) is 20.7. The van der Waals surface area contributed by atoms with Crippen LogP contribution < -0.4 is 20.7 Å². The number of rotatable bonds is 13. The van der Waals surface area contributed by atoms with Gasteiger partial charge in [0.15, 0.2) is 6.04 Å². The Kier molecular flexibility index (Phi) is 11.1. The highest BCUT2D eigenvalue weighted by Gasteiger charge is 2.35. The van der Waals surface area contributed by atoms with E-state index < -0.39 is 47.1 Å². The first-order valence-electron chi connectivity index (χ1n) is 13.8. The Morgan fingerprint density at radius 2 is 1.64 bits per heavy atom. The third-order valence-corrected chi connectivity index (χ3v) is 6.20. The number of benzene rings is 2. The van der Waals surface area contributed by atoms with E-state index in [2.05, 4.69) is 21.0 Å². The van der Waals surface area contributed by atoms with E-state index in [9.17, 15) is 24.3 Å². The van der Waals surface area contributed by atoms with Gasteiger partial charge in [0.2, 0.25) is 11.8 Å². The molecule has 3 aromatic rings. The Balaban J connectivity index is 1.76. The zero-order valence-corrected chi connectivity index (χ0v) is 25.6. The number of aromatic nitrogens is 2. The minimum Gasteiger partial charge on any atom is -0.497 e. The van der Waals surface area contributed by atoms with Gasteiger partial charge in [-0.05, 0) is 57.9 Å². The van der Waals surface area contributed by atoms with Crippen molar-refractivity contribution in [2.45, 2.75) is 64.4 Å². The topological polar surface area (TPSA) is 170 Å². The Hall–Kier alpha value is -4.91. The van der Waals surface area contributed by atoms with Gasteiger partial charge in [0.1, 0.15) is 22.9 Å². The molecule has 1 heterocycles. The second kappa shape index (κ2) is 14.5. The lowest BCUT2D eigenvalue weighted by Crippen LogP contribution is -2.59. The quantitative estimate of drug-likeness (QED) is 0.226. The molecule has 0 fully saturated rings. The molecule has 13 heteroatoms. The highest BCUT2D eigenvalue weighted by atomic mass is 16.6. The fourth-order valence-corrected chi connectivity index (χ4v) is 3.97. The third-order valence-electron chi connectivity index (χ3n) is 6.20. The van der Waals surface area contributed by atoms with Crippen molar-refractivity contribution < 1.29 is 38.5 Å². The molecule has 0 aliphatic rings. The van der Waals surface area contributed by atoms with E-state index in [1.165, 1.54) is 38.0 Å². The van der Waals surface area contributed by atoms with Crippen LogP contribution in [0.25, 0.3) is 0 Å². The molecule has 0 radical (unpaired) electrons. The maximum absolute atomic E-state index is 13.4. The zero-order valence-electron chi connectivity index (χ0n) is 25.6. The number of aliphatic carboxylic acids is 1. The molecule has 0 aliphatic carbocycles. The van der Waals surface area contributed by atoms with E-state index >= 15 is 0 Å². The molecule has 0 bridgehead atoms. The summed E-state index contributed by atoms with van der Waals surface area (Å²) in [5.41, 5.74) is -0.717. The number of carboxylic acid groups (broad SMARTS) is 1. The van der Waals surface area contributed by atoms with E-state index in [4.69, 9.17) is 14.2 Å². The van der Waals surface area contributed by atoms with Gasteiger partial charge in [-0.3, -0.25) is 14.3 Å². The average Bonchev–Trinajstić information content (AvgIpc) is 3.39. The summed E-state index contributed by atoms with van der Waals surface area (Å²) in [5, 5.41) is 21.9. The van der Waals surface area contributed by atoms with Crippen LogP contribution in [-0.2, 0) is 30.5 Å². The maximum atomic E-state index is 13.4. The van der Waals surface area contributed by atoms with Crippen LogP contribution in [0.3, 0.4) is 0 Å². The molecule has 2 aromatic carbocycles. The summed E-state index contributed by atoms with van der Waals surface area (Å²) in [6.45, 7) is 8.02. The summed E-state index contributed by atoms with van der Waals surface area (Å²) in [6, 6.07) is 13.4. The molecule has 0 saturated heterocycles. The van der Waals surface area contributed by atoms with Crippen LogP contribution in [0.4, 0.5) is 10.5 Å². The number of ether oxygens (including phenoxy) is 3. The van der Waals surface area contributed by atoms with Crippen molar-refractivity contribution in [3.05, 3.63) is 78.1 Å². The van der Waals surface area contributed by atoms with Crippen LogP contribution in [0.1, 0.15) is 51.8 Å². The number of carboxylic acids is 1. The number of hydrogen-bond donors (Lipinski definition) is 4. The van der Waals surface area contributed by atoms with Gasteiger partial charge in [-0.15, -0.1) is 0 Å². The number of methoxy groups -OCH3 is 1. The standard InChI is InChI=1S/C31H39N5O8/c1-30(2,3)44-29(41)35-31(4,5)28(40)34-24(19-43-18-20-10-8-7-9-11-20)26(37)33-22-16-32-36(17-22)25(27(38)39)21-12-14-23(42-6)15-13-21/h7-17,24-25H,18-19H2,1-6H3,(H,33,37)(H,34,40)(H,35,41)(H,38,39)/t24-,25?/m1/s1. The van der Waals surface area contributed by atoms with Crippen molar-refractivity contribution in [1.29, 1.82) is 0 Å². The summed E-state index contributed by atoms with van der Waals surface area (Å²) in [6.07, 6.45) is 1.88. The number of nitrogens with zero attached hydrogens (tertiary/aromatic N) is 2. The van der Waals surface area contributed by atoms with Gasteiger partial charge >= 0.3 is 12.1 Å². The van der Waals surface area contributed by atoms with Gasteiger partial charge in [-0.25, -0.2) is 9.59 Å². The lowest BCUT2D eigenvalue weighted by molar-refractivity contribution is -0.139. The van der Waals surface area contributed by atoms with Crippen molar-refractivity contribution in [2.24, 2.45) is 0 Å². The number of carbonyl (C=O) groups is 4. The van der Waals surface area contributed by atoms with Crippen molar-refractivity contribution in [1.82, 2.24) is 20.4 Å². The fourth-order valence-electron chi connectivity index (χ4n) is 3.97. The number of nitrogens with one attached hydrogen (secondary N) is 3. The molecule has 2 atom stereocenters. The predicted molar refractivity (Wildman–Crippen MR) is 161 cm³/mol. The highest BCUT2D eigenvalue weighted by Crippen LogP contribution is 2.23. The molecule has 4 N–H and O–H groups in total. The highest BCUT2D eigenvalue weighted by molar-refractivity contribution is 5.99. The summed E-state index contributed by atoms with van der Waals surface area (Å²) >= 11 is 0. The molecule has 236 valence electrons. The second-order valence-corrected chi connectivity index (χ2v) is 11.5. The molecule has 44 heavy (non-hydrogen) atoms. The number of hydrogen-bond acceptors (Lipinski definition) is 8. The van der Waals surface area contributed by atoms with E-state index in [0.29, 0.717) is 11.3 Å². The Morgan fingerprint density at radius 3 is 2.23 bits per heavy atom. The molecule has 3 amide bonds. The number of amides is 3. The van der Waals surface area contributed by atoms with Crippen LogP contribution in [0, 0.1) is 0 Å². The van der Waals surface area contributed by atoms with Gasteiger partial charge in [-0.2, -0.15) is 5.10 Å². The molecule has 1 unspecified atom stereocenters. The fraction of sp³-hybridized carbons (Fsp3) is 0.387. The van der Waals surface area contributed by atoms with Crippen LogP contribution in [0.15, 0.2) is 67.0 Å². The Labute approximate surface area is 255 Å². The van der Waals surface area contributed by atoms with Gasteiger partial charge in [-0.1, -0.05) is 42.5 Å². The minimum atomic E-state index is -1.45. The molecular formula is C31H39N5O8. The molecular weight excluding hydrogens is 570 g/mol. The predicted octanol–water partition coefficient (Wildman–Crippen LogP) is 3.51. The monoisotopic (exact) mass is 609 g/mol. The van der Waals surface area contributed by atoms with Crippen molar-refractivity contribution in [2.75, 3.05) is 19.0 Å². The van der Waals surface area contributed by atoms with Crippen molar-refractivity contribution in [3.8, 4) is 5.75 Å². The van der Waals surface area contributed by atoms with E-state index in [0.717, 1.165) is 5.56 Å². The lowest BCUT2D eigenvalue weighted by atomic mass is 10.0. The second-order valence-electron chi connectivity index (χ2n) is 11.5. The third kappa shape index (κ3) is 9.83. The zero-order chi connectivity index (χ0) is 32.5. The van der Waals surface area contributed by atoms with Gasteiger partial charge in [0, 0.05) is 6.20 Å². The van der Waals surface area contributed by atoms with E-state index in [-0.39, 0.29) is 18.9 Å². The lowest BCUT2D eigenvalue weighted by Gasteiger charge is -2.29. The minimum absolute atomic E-state index is 0.181. The molecule has 0 aliphatic heterocycles. The normalized spacial score (nSPS) is 12.9. The molecule has 3 rings (SSSR count). The van der Waals surface area contributed by atoms with Gasteiger partial charge in [0.25, 0.3) is 0 Å². The van der Waals surface area contributed by atoms with Gasteiger partial charge in [0.05, 0.1) is 32.2 Å². The first-order valence-corrected chi connectivity index (χ1v) is 13.8. The van der Waals surface area contributed by atoms with Crippen LogP contribution in [-0.4, -0.2) is 69.7 Å². The molecule has 0 saturated carbocycles. The van der Waals surface area contributed by atoms with E-state index in [1.807, 2.05) is 30.3 Å². The smallest absolute Gasteiger partial charge is 0.408 e. The van der Waals surface area contributed by atoms with E-state index in [1.54, 1.807) is 45.0 Å². The van der Waals surface area contributed by atoms with Crippen LogP contribution >= 0.6 is 0 Å². The Morgan fingerprint density at radius 1 is 0.977 bits per heavy atom. The largest absolute Gasteiger partial charge is 0.497 e. The number of carbonyl (C=O) groups excluding carboxylic acids is 3. The molecule has 0 spiro atoms. The number of anilines is 1. The summed E-state index contributed by atoms with van der Waals surface area (Å²) in [5.74, 6) is -1.89. The van der Waals surface area contributed by atoms with Crippen molar-refractivity contribution >= 4 is 29.6 Å². The van der Waals surface area contributed by atoms with Crippen LogP contribution in [0.5, 0.6) is 5.75 Å². The van der Waals surface area contributed by atoms with Crippen molar-refractivity contribution in [3.63, 3.8) is 0 Å².